The third kappa shape index (κ3) is 4.69. The minimum Gasteiger partial charge on any atom is -0.298 e. The van der Waals surface area contributed by atoms with Crippen LogP contribution in [0.25, 0.3) is 0 Å². The van der Waals surface area contributed by atoms with E-state index in [1.807, 2.05) is 41.9 Å². The van der Waals surface area contributed by atoms with Crippen molar-refractivity contribution in [1.29, 1.82) is 0 Å². The lowest BCUT2D eigenvalue weighted by atomic mass is 10.1. The largest absolute Gasteiger partial charge is 0.298 e. The number of carbonyl (C=O) groups excluding carboxylic acids is 1. The number of carbonyl (C=O) groups is 1. The highest BCUT2D eigenvalue weighted by molar-refractivity contribution is 7.15. The summed E-state index contributed by atoms with van der Waals surface area (Å²) in [4.78, 5) is 17.9. The Labute approximate surface area is 182 Å². The second-order valence-corrected chi connectivity index (χ2v) is 8.30. The summed E-state index contributed by atoms with van der Waals surface area (Å²) in [6.45, 7) is 4.24. The van der Waals surface area contributed by atoms with Crippen LogP contribution in [0.15, 0.2) is 54.7 Å². The molecule has 0 saturated heterocycles. The van der Waals surface area contributed by atoms with Crippen molar-refractivity contribution in [1.82, 2.24) is 14.8 Å². The van der Waals surface area contributed by atoms with Gasteiger partial charge in [0.25, 0.3) is 5.91 Å². The zero-order valence-corrected chi connectivity index (χ0v) is 17.8. The molecule has 0 aliphatic heterocycles. The Morgan fingerprint density at radius 3 is 2.65 bits per heavy atom. The van der Waals surface area contributed by atoms with Crippen molar-refractivity contribution in [3.63, 3.8) is 0 Å². The van der Waals surface area contributed by atoms with E-state index in [2.05, 4.69) is 15.4 Å². The number of aromatic nitrogens is 3. The predicted octanol–water partition coefficient (Wildman–Crippen LogP) is 5.13. The fourth-order valence-corrected chi connectivity index (χ4v) is 4.23. The fraction of sp³-hybridized carbons (Fsp3) is 0.174. The second kappa shape index (κ2) is 8.77. The maximum absolute atomic E-state index is 13.9. The van der Waals surface area contributed by atoms with Gasteiger partial charge < -0.3 is 0 Å². The average molecular weight is 439 g/mol. The van der Waals surface area contributed by atoms with Crippen molar-refractivity contribution in [3.8, 4) is 0 Å². The molecule has 8 heteroatoms. The molecular formula is C23H20F2N4OS. The second-order valence-electron chi connectivity index (χ2n) is 7.19. The van der Waals surface area contributed by atoms with E-state index in [0.29, 0.717) is 28.5 Å². The fourth-order valence-electron chi connectivity index (χ4n) is 3.40. The Balaban J connectivity index is 1.47. The number of aryl methyl sites for hydroxylation is 1. The summed E-state index contributed by atoms with van der Waals surface area (Å²) in [5, 5.41) is 7.73. The number of nitrogens with zero attached hydrogens (tertiary/aromatic N) is 3. The molecule has 0 atom stereocenters. The van der Waals surface area contributed by atoms with Crippen LogP contribution in [0.4, 0.5) is 13.9 Å². The molecule has 0 bridgehead atoms. The van der Waals surface area contributed by atoms with Crippen molar-refractivity contribution >= 4 is 22.4 Å². The standard InChI is InChI=1S/C23H20F2N4OS/c1-14-21(15(2)29(28-14)13-16-6-4-3-5-7-16)22(30)27-23-26-12-19(31-23)10-17-8-9-18(24)11-20(17)25/h3-9,11-12H,10,13H2,1-2H3,(H,26,27,30). The highest BCUT2D eigenvalue weighted by Gasteiger charge is 2.20. The molecule has 2 aromatic carbocycles. The quantitative estimate of drug-likeness (QED) is 0.454. The van der Waals surface area contributed by atoms with E-state index >= 15 is 0 Å². The first-order valence-electron chi connectivity index (χ1n) is 9.68. The lowest BCUT2D eigenvalue weighted by Crippen LogP contribution is -2.14. The lowest BCUT2D eigenvalue weighted by Gasteiger charge is -2.06. The summed E-state index contributed by atoms with van der Waals surface area (Å²) in [5.41, 5.74) is 3.38. The van der Waals surface area contributed by atoms with E-state index in [1.165, 1.54) is 23.5 Å². The van der Waals surface area contributed by atoms with E-state index < -0.39 is 11.6 Å². The van der Waals surface area contributed by atoms with Crippen molar-refractivity contribution in [2.75, 3.05) is 5.32 Å². The first-order chi connectivity index (χ1) is 14.9. The summed E-state index contributed by atoms with van der Waals surface area (Å²) in [5.74, 6) is -1.50. The highest BCUT2D eigenvalue weighted by atomic mass is 32.1. The number of benzene rings is 2. The smallest absolute Gasteiger partial charge is 0.261 e. The van der Waals surface area contributed by atoms with E-state index in [9.17, 15) is 13.6 Å². The van der Waals surface area contributed by atoms with Gasteiger partial charge in [-0.05, 0) is 31.0 Å². The van der Waals surface area contributed by atoms with Crippen LogP contribution >= 0.6 is 11.3 Å². The summed E-state index contributed by atoms with van der Waals surface area (Å²) in [7, 11) is 0. The zero-order chi connectivity index (χ0) is 22.0. The van der Waals surface area contributed by atoms with Gasteiger partial charge in [-0.15, -0.1) is 11.3 Å². The number of rotatable bonds is 6. The van der Waals surface area contributed by atoms with E-state index in [0.717, 1.165) is 22.2 Å². The molecular weight excluding hydrogens is 418 g/mol. The average Bonchev–Trinajstić information content (AvgIpc) is 3.28. The van der Waals surface area contributed by atoms with Crippen molar-refractivity contribution in [3.05, 3.63) is 99.3 Å². The van der Waals surface area contributed by atoms with Crippen LogP contribution in [0.3, 0.4) is 0 Å². The molecule has 158 valence electrons. The summed E-state index contributed by atoms with van der Waals surface area (Å²) < 4.78 is 28.8. The normalized spacial score (nSPS) is 11.0. The Bertz CT molecular complexity index is 1230. The third-order valence-electron chi connectivity index (χ3n) is 4.94. The molecule has 0 aliphatic rings. The van der Waals surface area contributed by atoms with Crippen LogP contribution in [0, 0.1) is 25.5 Å². The van der Waals surface area contributed by atoms with Gasteiger partial charge in [0.05, 0.1) is 17.8 Å². The van der Waals surface area contributed by atoms with Crippen molar-refractivity contribution in [2.24, 2.45) is 0 Å². The van der Waals surface area contributed by atoms with Gasteiger partial charge in [0.1, 0.15) is 11.6 Å². The number of thiazole rings is 1. The first-order valence-corrected chi connectivity index (χ1v) is 10.5. The van der Waals surface area contributed by atoms with E-state index in [-0.39, 0.29) is 12.3 Å². The van der Waals surface area contributed by atoms with Gasteiger partial charge in [0, 0.05) is 29.3 Å². The molecule has 1 amide bonds. The third-order valence-corrected chi connectivity index (χ3v) is 5.85. The van der Waals surface area contributed by atoms with Crippen LogP contribution in [0.2, 0.25) is 0 Å². The highest BCUT2D eigenvalue weighted by Crippen LogP contribution is 2.24. The van der Waals surface area contributed by atoms with Gasteiger partial charge >= 0.3 is 0 Å². The number of hydrogen-bond donors (Lipinski definition) is 1. The van der Waals surface area contributed by atoms with Gasteiger partial charge in [-0.2, -0.15) is 5.10 Å². The van der Waals surface area contributed by atoms with Crippen LogP contribution in [0.5, 0.6) is 0 Å². The van der Waals surface area contributed by atoms with Crippen LogP contribution in [0.1, 0.15) is 37.7 Å². The summed E-state index contributed by atoms with van der Waals surface area (Å²) >= 11 is 1.25. The Morgan fingerprint density at radius 1 is 1.13 bits per heavy atom. The molecule has 1 N–H and O–H groups in total. The van der Waals surface area contributed by atoms with Gasteiger partial charge in [-0.25, -0.2) is 13.8 Å². The molecule has 4 aromatic rings. The van der Waals surface area contributed by atoms with Crippen LogP contribution in [-0.4, -0.2) is 20.7 Å². The maximum atomic E-state index is 13.9. The molecule has 0 spiro atoms. The zero-order valence-electron chi connectivity index (χ0n) is 17.0. The van der Waals surface area contributed by atoms with Gasteiger partial charge in [0.2, 0.25) is 0 Å². The number of amides is 1. The minimum absolute atomic E-state index is 0.271. The SMILES string of the molecule is Cc1nn(Cc2ccccc2)c(C)c1C(=O)Nc1ncc(Cc2ccc(F)cc2F)s1. The molecule has 0 fully saturated rings. The Kier molecular flexibility index (Phi) is 5.90. The molecule has 2 aromatic heterocycles. The van der Waals surface area contributed by atoms with Crippen LogP contribution < -0.4 is 5.32 Å². The van der Waals surface area contributed by atoms with E-state index in [4.69, 9.17) is 0 Å². The lowest BCUT2D eigenvalue weighted by molar-refractivity contribution is 0.102. The molecule has 0 unspecified atom stereocenters. The summed E-state index contributed by atoms with van der Waals surface area (Å²) in [6.07, 6.45) is 1.86. The first kappa shape index (κ1) is 20.9. The maximum Gasteiger partial charge on any atom is 0.261 e. The van der Waals surface area contributed by atoms with Crippen molar-refractivity contribution in [2.45, 2.75) is 26.8 Å². The van der Waals surface area contributed by atoms with Gasteiger partial charge in [0.15, 0.2) is 5.13 Å². The molecule has 5 nitrogen and oxygen atoms in total. The molecule has 0 saturated carbocycles. The minimum atomic E-state index is -0.614. The molecule has 0 aliphatic carbocycles. The van der Waals surface area contributed by atoms with Gasteiger partial charge in [-0.3, -0.25) is 14.8 Å². The van der Waals surface area contributed by atoms with Gasteiger partial charge in [-0.1, -0.05) is 36.4 Å². The van der Waals surface area contributed by atoms with Crippen LogP contribution in [-0.2, 0) is 13.0 Å². The predicted molar refractivity (Wildman–Crippen MR) is 116 cm³/mol. The molecule has 2 heterocycles. The number of anilines is 1. The molecule has 4 rings (SSSR count). The van der Waals surface area contributed by atoms with Crippen molar-refractivity contribution < 1.29 is 13.6 Å². The molecule has 0 radical (unpaired) electrons. The topological polar surface area (TPSA) is 59.8 Å². The number of nitrogens with one attached hydrogen (secondary N) is 1. The molecule has 31 heavy (non-hydrogen) atoms. The van der Waals surface area contributed by atoms with E-state index in [1.54, 1.807) is 13.1 Å². The summed E-state index contributed by atoms with van der Waals surface area (Å²) in [6, 6.07) is 13.4. The Morgan fingerprint density at radius 2 is 1.90 bits per heavy atom. The number of halogens is 2. The monoisotopic (exact) mass is 438 g/mol. The Hall–Kier alpha value is -3.39. The number of hydrogen-bond acceptors (Lipinski definition) is 4.